The maximum absolute atomic E-state index is 12.7. The highest BCUT2D eigenvalue weighted by Crippen LogP contribution is 2.31. The van der Waals surface area contributed by atoms with Gasteiger partial charge in [-0.05, 0) is 42.8 Å². The molecule has 0 bridgehead atoms. The first-order chi connectivity index (χ1) is 14.4. The Morgan fingerprint density at radius 2 is 2.03 bits per heavy atom. The topological polar surface area (TPSA) is 96.4 Å². The molecule has 0 radical (unpaired) electrons. The largest absolute Gasteiger partial charge is 0.487 e. The molecule has 1 amide bonds. The molecule has 2 aromatic carbocycles. The van der Waals surface area contributed by atoms with Crippen LogP contribution in [0.5, 0.6) is 5.75 Å². The highest BCUT2D eigenvalue weighted by atomic mass is 35.5. The number of carbonyl (C=O) groups is 1. The lowest BCUT2D eigenvalue weighted by molar-refractivity contribution is 0.0934. The second-order valence-electron chi connectivity index (χ2n) is 6.84. The average Bonchev–Trinajstić information content (AvgIpc) is 2.75. The standard InChI is InChI=1S/C21H18Cl2N4O3/c1-11(12-3-5-19-17(7-12)27-20(28)9-30-19)26-21(29)18-8-16(24-10-25-18)13-2-4-14(22)15(23)6-13/h2-8,10-11,20,27-28H,9H2,1H3,(H,26,29). The summed E-state index contributed by atoms with van der Waals surface area (Å²) in [5.41, 5.74) is 3.05. The SMILES string of the molecule is CC(NC(=O)c1cc(-c2ccc(Cl)c(Cl)c2)ncn1)c1ccc2c(c1)NC(O)CO2. The number of aromatic nitrogens is 2. The number of nitrogens with zero attached hydrogens (tertiary/aromatic N) is 2. The second kappa shape index (κ2) is 8.47. The molecule has 4 rings (SSSR count). The first-order valence-corrected chi connectivity index (χ1v) is 9.96. The van der Waals surface area contributed by atoms with E-state index in [9.17, 15) is 9.90 Å². The summed E-state index contributed by atoms with van der Waals surface area (Å²) in [5, 5.41) is 16.4. The predicted octanol–water partition coefficient (Wildman–Crippen LogP) is 4.06. The van der Waals surface area contributed by atoms with Crippen LogP contribution in [0.2, 0.25) is 10.0 Å². The first-order valence-electron chi connectivity index (χ1n) is 9.20. The van der Waals surface area contributed by atoms with E-state index in [0.29, 0.717) is 27.2 Å². The Bertz CT molecular complexity index is 1110. The van der Waals surface area contributed by atoms with Gasteiger partial charge in [-0.1, -0.05) is 35.3 Å². The van der Waals surface area contributed by atoms with Crippen LogP contribution in [0.25, 0.3) is 11.3 Å². The van der Waals surface area contributed by atoms with Gasteiger partial charge in [0.05, 0.1) is 27.5 Å². The van der Waals surface area contributed by atoms with E-state index in [-0.39, 0.29) is 24.2 Å². The molecule has 0 saturated carbocycles. The molecule has 1 aliphatic heterocycles. The normalized spacial score (nSPS) is 16.1. The molecular weight excluding hydrogens is 427 g/mol. The van der Waals surface area contributed by atoms with Crippen molar-refractivity contribution in [3.63, 3.8) is 0 Å². The lowest BCUT2D eigenvalue weighted by Gasteiger charge is -2.25. The molecule has 0 fully saturated rings. The Labute approximate surface area is 183 Å². The van der Waals surface area contributed by atoms with Gasteiger partial charge in [-0.25, -0.2) is 9.97 Å². The minimum absolute atomic E-state index is 0.188. The summed E-state index contributed by atoms with van der Waals surface area (Å²) in [4.78, 5) is 21.0. The van der Waals surface area contributed by atoms with E-state index in [2.05, 4.69) is 20.6 Å². The van der Waals surface area contributed by atoms with E-state index < -0.39 is 6.23 Å². The van der Waals surface area contributed by atoms with Crippen molar-refractivity contribution in [2.75, 3.05) is 11.9 Å². The number of hydrogen-bond acceptors (Lipinski definition) is 6. The van der Waals surface area contributed by atoms with Gasteiger partial charge in [0.25, 0.3) is 5.91 Å². The summed E-state index contributed by atoms with van der Waals surface area (Å²) in [6.07, 6.45) is 0.567. The van der Waals surface area contributed by atoms with Gasteiger partial charge in [0.2, 0.25) is 0 Å². The van der Waals surface area contributed by atoms with Crippen LogP contribution in [0.4, 0.5) is 5.69 Å². The van der Waals surface area contributed by atoms with Crippen molar-refractivity contribution in [1.82, 2.24) is 15.3 Å². The minimum atomic E-state index is -0.765. The maximum atomic E-state index is 12.7. The Balaban J connectivity index is 1.51. The van der Waals surface area contributed by atoms with Crippen LogP contribution < -0.4 is 15.4 Å². The van der Waals surface area contributed by atoms with Crippen LogP contribution in [0.3, 0.4) is 0 Å². The third-order valence-electron chi connectivity index (χ3n) is 4.69. The van der Waals surface area contributed by atoms with Crippen LogP contribution >= 0.6 is 23.2 Å². The van der Waals surface area contributed by atoms with Crippen molar-refractivity contribution in [3.8, 4) is 17.0 Å². The molecule has 0 aliphatic carbocycles. The molecule has 3 aromatic rings. The van der Waals surface area contributed by atoms with E-state index in [0.717, 1.165) is 11.1 Å². The molecule has 2 heterocycles. The van der Waals surface area contributed by atoms with Crippen LogP contribution in [-0.4, -0.2) is 33.8 Å². The lowest BCUT2D eigenvalue weighted by Crippen LogP contribution is -2.31. The van der Waals surface area contributed by atoms with Crippen LogP contribution in [0.15, 0.2) is 48.8 Å². The Morgan fingerprint density at radius 1 is 1.20 bits per heavy atom. The predicted molar refractivity (Wildman–Crippen MR) is 115 cm³/mol. The number of fused-ring (bicyclic) bond motifs is 1. The molecule has 7 nitrogen and oxygen atoms in total. The number of amides is 1. The van der Waals surface area contributed by atoms with Crippen LogP contribution in [0.1, 0.15) is 29.0 Å². The highest BCUT2D eigenvalue weighted by Gasteiger charge is 2.19. The number of halogens is 2. The summed E-state index contributed by atoms with van der Waals surface area (Å²) in [5.74, 6) is 0.317. The zero-order valence-electron chi connectivity index (χ0n) is 15.9. The van der Waals surface area contributed by atoms with Gasteiger partial charge in [-0.3, -0.25) is 4.79 Å². The third-order valence-corrected chi connectivity index (χ3v) is 5.42. The number of aliphatic hydroxyl groups excluding tert-OH is 1. The van der Waals surface area contributed by atoms with Crippen LogP contribution in [0, 0.1) is 0 Å². The lowest BCUT2D eigenvalue weighted by atomic mass is 10.1. The molecular formula is C21H18Cl2N4O3. The molecule has 1 aliphatic rings. The molecule has 2 unspecified atom stereocenters. The van der Waals surface area contributed by atoms with Crippen molar-refractivity contribution in [2.45, 2.75) is 19.2 Å². The zero-order valence-corrected chi connectivity index (χ0v) is 17.4. The monoisotopic (exact) mass is 444 g/mol. The maximum Gasteiger partial charge on any atom is 0.270 e. The third kappa shape index (κ3) is 4.33. The number of nitrogens with one attached hydrogen (secondary N) is 2. The van der Waals surface area contributed by atoms with Crippen molar-refractivity contribution in [1.29, 1.82) is 0 Å². The van der Waals surface area contributed by atoms with E-state index in [4.69, 9.17) is 27.9 Å². The van der Waals surface area contributed by atoms with E-state index in [1.54, 1.807) is 30.3 Å². The van der Waals surface area contributed by atoms with Crippen LogP contribution in [-0.2, 0) is 0 Å². The summed E-state index contributed by atoms with van der Waals surface area (Å²) in [6, 6.07) is 11.9. The molecule has 0 saturated heterocycles. The fraction of sp³-hybridized carbons (Fsp3) is 0.190. The fourth-order valence-corrected chi connectivity index (χ4v) is 3.39. The minimum Gasteiger partial charge on any atom is -0.487 e. The van der Waals surface area contributed by atoms with Crippen molar-refractivity contribution >= 4 is 34.8 Å². The van der Waals surface area contributed by atoms with Gasteiger partial charge in [0.1, 0.15) is 24.4 Å². The molecule has 1 aromatic heterocycles. The van der Waals surface area contributed by atoms with Gasteiger partial charge < -0.3 is 20.5 Å². The summed E-state index contributed by atoms with van der Waals surface area (Å²) in [6.45, 7) is 2.05. The Morgan fingerprint density at radius 3 is 2.83 bits per heavy atom. The molecule has 9 heteroatoms. The Hall–Kier alpha value is -2.87. The van der Waals surface area contributed by atoms with Gasteiger partial charge in [-0.2, -0.15) is 0 Å². The molecule has 3 N–H and O–H groups in total. The molecule has 154 valence electrons. The summed E-state index contributed by atoms with van der Waals surface area (Å²) in [7, 11) is 0. The highest BCUT2D eigenvalue weighted by molar-refractivity contribution is 6.42. The zero-order chi connectivity index (χ0) is 21.3. The second-order valence-corrected chi connectivity index (χ2v) is 7.65. The quantitative estimate of drug-likeness (QED) is 0.561. The van der Waals surface area contributed by atoms with E-state index >= 15 is 0 Å². The van der Waals surface area contributed by atoms with Crippen molar-refractivity contribution in [2.24, 2.45) is 0 Å². The molecule has 0 spiro atoms. The van der Waals surface area contributed by atoms with Gasteiger partial charge in [-0.15, -0.1) is 0 Å². The van der Waals surface area contributed by atoms with Gasteiger partial charge in [0.15, 0.2) is 6.23 Å². The number of anilines is 1. The number of carbonyl (C=O) groups excluding carboxylic acids is 1. The number of hydrogen-bond donors (Lipinski definition) is 3. The Kier molecular flexibility index (Phi) is 5.76. The molecule has 30 heavy (non-hydrogen) atoms. The fourth-order valence-electron chi connectivity index (χ4n) is 3.09. The average molecular weight is 445 g/mol. The van der Waals surface area contributed by atoms with Crippen molar-refractivity contribution in [3.05, 3.63) is 70.1 Å². The van der Waals surface area contributed by atoms with E-state index in [1.807, 2.05) is 19.1 Å². The summed E-state index contributed by atoms with van der Waals surface area (Å²) >= 11 is 12.0. The number of rotatable bonds is 4. The number of aliphatic hydroxyl groups is 1. The van der Waals surface area contributed by atoms with Gasteiger partial charge in [0, 0.05) is 5.56 Å². The van der Waals surface area contributed by atoms with Gasteiger partial charge >= 0.3 is 0 Å². The number of ether oxygens (including phenoxy) is 1. The summed E-state index contributed by atoms with van der Waals surface area (Å²) < 4.78 is 5.46. The number of benzene rings is 2. The van der Waals surface area contributed by atoms with Crippen molar-refractivity contribution < 1.29 is 14.6 Å². The smallest absolute Gasteiger partial charge is 0.270 e. The molecule has 2 atom stereocenters. The van der Waals surface area contributed by atoms with E-state index in [1.165, 1.54) is 6.33 Å². The first kappa shape index (κ1) is 20.4.